The Balaban J connectivity index is 1.69. The number of benzene rings is 1. The van der Waals surface area contributed by atoms with Gasteiger partial charge in [-0.3, -0.25) is 4.99 Å². The van der Waals surface area contributed by atoms with Crippen molar-refractivity contribution in [1.82, 2.24) is 10.6 Å². The average Bonchev–Trinajstić information content (AvgIpc) is 3.03. The van der Waals surface area contributed by atoms with Crippen LogP contribution in [0, 0.1) is 5.82 Å². The average molecular weight is 309 g/mol. The summed E-state index contributed by atoms with van der Waals surface area (Å²) in [5.74, 6) is 1.11. The largest absolute Gasteiger partial charge is 0.489 e. The second-order valence-electron chi connectivity index (χ2n) is 5.35. The van der Waals surface area contributed by atoms with Gasteiger partial charge in [-0.2, -0.15) is 0 Å². The molecule has 0 bridgehead atoms. The lowest BCUT2D eigenvalue weighted by atomic mass is 10.2. The third kappa shape index (κ3) is 5.52. The summed E-state index contributed by atoms with van der Waals surface area (Å²) in [7, 11) is 1.73. The Labute approximate surface area is 130 Å². The molecule has 1 aliphatic heterocycles. The van der Waals surface area contributed by atoms with Crippen LogP contribution in [-0.4, -0.2) is 44.9 Å². The van der Waals surface area contributed by atoms with Crippen molar-refractivity contribution in [2.75, 3.05) is 26.7 Å². The summed E-state index contributed by atoms with van der Waals surface area (Å²) in [4.78, 5) is 4.17. The summed E-state index contributed by atoms with van der Waals surface area (Å²) in [6.07, 6.45) is 2.42. The van der Waals surface area contributed by atoms with Crippen LogP contribution in [0.25, 0.3) is 0 Å². The molecule has 0 saturated carbocycles. The van der Waals surface area contributed by atoms with E-state index in [9.17, 15) is 4.39 Å². The van der Waals surface area contributed by atoms with Crippen molar-refractivity contribution in [1.29, 1.82) is 0 Å². The summed E-state index contributed by atoms with van der Waals surface area (Å²) < 4.78 is 24.1. The standard InChI is InChI=1S/C16H24FN3O2/c1-12(22-14-7-5-13(17)6-8-14)10-19-16(18-2)20-11-15-4-3-9-21-15/h5-8,12,15H,3-4,9-11H2,1-2H3,(H2,18,19,20). The molecule has 1 fully saturated rings. The molecule has 1 saturated heterocycles. The van der Waals surface area contributed by atoms with E-state index >= 15 is 0 Å². The zero-order valence-corrected chi connectivity index (χ0v) is 13.1. The van der Waals surface area contributed by atoms with Crippen LogP contribution in [-0.2, 0) is 4.74 Å². The lowest BCUT2D eigenvalue weighted by Crippen LogP contribution is -2.44. The molecule has 2 N–H and O–H groups in total. The first kappa shape index (κ1) is 16.5. The van der Waals surface area contributed by atoms with Gasteiger partial charge in [0.05, 0.1) is 12.6 Å². The number of hydrogen-bond acceptors (Lipinski definition) is 3. The minimum atomic E-state index is -0.267. The molecule has 22 heavy (non-hydrogen) atoms. The van der Waals surface area contributed by atoms with Gasteiger partial charge in [0.25, 0.3) is 0 Å². The van der Waals surface area contributed by atoms with Crippen LogP contribution in [0.1, 0.15) is 19.8 Å². The fraction of sp³-hybridized carbons (Fsp3) is 0.562. The van der Waals surface area contributed by atoms with Crippen LogP contribution >= 0.6 is 0 Å². The minimum absolute atomic E-state index is 0.0632. The number of nitrogens with one attached hydrogen (secondary N) is 2. The van der Waals surface area contributed by atoms with Gasteiger partial charge in [-0.15, -0.1) is 0 Å². The zero-order valence-electron chi connectivity index (χ0n) is 13.1. The lowest BCUT2D eigenvalue weighted by molar-refractivity contribution is 0.113. The summed E-state index contributed by atoms with van der Waals surface area (Å²) in [6.45, 7) is 4.15. The summed E-state index contributed by atoms with van der Waals surface area (Å²) in [5, 5.41) is 6.46. The normalized spacial score (nSPS) is 19.8. The molecule has 1 heterocycles. The van der Waals surface area contributed by atoms with Gasteiger partial charge in [-0.1, -0.05) is 0 Å². The van der Waals surface area contributed by atoms with Gasteiger partial charge in [-0.25, -0.2) is 4.39 Å². The molecule has 2 rings (SSSR count). The summed E-state index contributed by atoms with van der Waals surface area (Å²) >= 11 is 0. The quantitative estimate of drug-likeness (QED) is 0.623. The number of hydrogen-bond donors (Lipinski definition) is 2. The third-order valence-corrected chi connectivity index (χ3v) is 3.45. The van der Waals surface area contributed by atoms with E-state index in [2.05, 4.69) is 15.6 Å². The van der Waals surface area contributed by atoms with Gasteiger partial charge in [-0.05, 0) is 44.0 Å². The Bertz CT molecular complexity index is 473. The Kier molecular flexibility index (Phi) is 6.45. The smallest absolute Gasteiger partial charge is 0.191 e. The molecule has 1 aromatic carbocycles. The van der Waals surface area contributed by atoms with Crippen molar-refractivity contribution < 1.29 is 13.9 Å². The van der Waals surface area contributed by atoms with Crippen LogP contribution in [0.4, 0.5) is 4.39 Å². The molecule has 2 atom stereocenters. The molecule has 1 aliphatic rings. The van der Waals surface area contributed by atoms with E-state index in [4.69, 9.17) is 9.47 Å². The van der Waals surface area contributed by atoms with E-state index in [-0.39, 0.29) is 18.0 Å². The maximum atomic E-state index is 12.8. The monoisotopic (exact) mass is 309 g/mol. The Morgan fingerprint density at radius 1 is 1.41 bits per heavy atom. The van der Waals surface area contributed by atoms with Crippen LogP contribution < -0.4 is 15.4 Å². The van der Waals surface area contributed by atoms with Gasteiger partial charge < -0.3 is 20.1 Å². The molecular weight excluding hydrogens is 285 g/mol. The van der Waals surface area contributed by atoms with Crippen LogP contribution in [0.2, 0.25) is 0 Å². The first-order valence-corrected chi connectivity index (χ1v) is 7.65. The first-order chi connectivity index (χ1) is 10.7. The zero-order chi connectivity index (χ0) is 15.8. The highest BCUT2D eigenvalue weighted by Gasteiger charge is 2.15. The van der Waals surface area contributed by atoms with Crippen molar-refractivity contribution in [3.63, 3.8) is 0 Å². The molecule has 0 aliphatic carbocycles. The van der Waals surface area contributed by atoms with E-state index in [1.54, 1.807) is 19.2 Å². The Morgan fingerprint density at radius 2 is 2.18 bits per heavy atom. The highest BCUT2D eigenvalue weighted by atomic mass is 19.1. The highest BCUT2D eigenvalue weighted by molar-refractivity contribution is 5.79. The van der Waals surface area contributed by atoms with Crippen LogP contribution in [0.5, 0.6) is 5.75 Å². The fourth-order valence-corrected chi connectivity index (χ4v) is 2.26. The topological polar surface area (TPSA) is 54.9 Å². The molecular formula is C16H24FN3O2. The van der Waals surface area contributed by atoms with Crippen LogP contribution in [0.15, 0.2) is 29.3 Å². The molecule has 0 spiro atoms. The number of guanidine groups is 1. The van der Waals surface area contributed by atoms with Crippen molar-refractivity contribution >= 4 is 5.96 Å². The first-order valence-electron chi connectivity index (χ1n) is 7.65. The van der Waals surface area contributed by atoms with Gasteiger partial charge in [0.15, 0.2) is 5.96 Å². The maximum Gasteiger partial charge on any atom is 0.191 e. The van der Waals surface area contributed by atoms with Gasteiger partial charge in [0, 0.05) is 20.2 Å². The number of ether oxygens (including phenoxy) is 2. The number of aliphatic imine (C=N–C) groups is 1. The Morgan fingerprint density at radius 3 is 2.82 bits per heavy atom. The van der Waals surface area contributed by atoms with E-state index in [0.29, 0.717) is 12.3 Å². The molecule has 122 valence electrons. The van der Waals surface area contributed by atoms with Crippen molar-refractivity contribution in [3.05, 3.63) is 30.1 Å². The molecule has 1 aromatic rings. The second kappa shape index (κ2) is 8.58. The Hall–Kier alpha value is -1.82. The van der Waals surface area contributed by atoms with Gasteiger partial charge in [0.1, 0.15) is 17.7 Å². The third-order valence-electron chi connectivity index (χ3n) is 3.45. The summed E-state index contributed by atoms with van der Waals surface area (Å²) in [6, 6.07) is 6.02. The van der Waals surface area contributed by atoms with Gasteiger partial charge >= 0.3 is 0 Å². The minimum Gasteiger partial charge on any atom is -0.489 e. The molecule has 2 unspecified atom stereocenters. The van der Waals surface area contributed by atoms with E-state index in [1.807, 2.05) is 6.92 Å². The second-order valence-corrected chi connectivity index (χ2v) is 5.35. The van der Waals surface area contributed by atoms with Crippen molar-refractivity contribution in [2.24, 2.45) is 4.99 Å². The maximum absolute atomic E-state index is 12.8. The predicted octanol–water partition coefficient (Wildman–Crippen LogP) is 1.94. The van der Waals surface area contributed by atoms with E-state index in [1.165, 1.54) is 12.1 Å². The molecule has 6 heteroatoms. The van der Waals surface area contributed by atoms with Crippen LogP contribution in [0.3, 0.4) is 0 Å². The lowest BCUT2D eigenvalue weighted by Gasteiger charge is -2.18. The van der Waals surface area contributed by atoms with Crippen molar-refractivity contribution in [2.45, 2.75) is 32.0 Å². The van der Waals surface area contributed by atoms with Crippen molar-refractivity contribution in [3.8, 4) is 5.75 Å². The molecule has 0 amide bonds. The number of halogens is 1. The fourth-order valence-electron chi connectivity index (χ4n) is 2.26. The molecule has 5 nitrogen and oxygen atoms in total. The van der Waals surface area contributed by atoms with Gasteiger partial charge in [0.2, 0.25) is 0 Å². The van der Waals surface area contributed by atoms with E-state index < -0.39 is 0 Å². The predicted molar refractivity (Wildman–Crippen MR) is 84.8 cm³/mol. The number of rotatable bonds is 6. The molecule has 0 aromatic heterocycles. The SMILES string of the molecule is CN=C(NCC(C)Oc1ccc(F)cc1)NCC1CCCO1. The summed E-state index contributed by atoms with van der Waals surface area (Å²) in [5.41, 5.74) is 0. The van der Waals surface area contributed by atoms with E-state index in [0.717, 1.165) is 32.0 Å². The molecule has 0 radical (unpaired) electrons. The number of nitrogens with zero attached hydrogens (tertiary/aromatic N) is 1. The highest BCUT2D eigenvalue weighted by Crippen LogP contribution is 2.13.